The van der Waals surface area contributed by atoms with Gasteiger partial charge in [0.05, 0.1) is 15.0 Å². The molecule has 1 N–H and O–H groups in total. The first-order chi connectivity index (χ1) is 9.65. The number of anilines is 1. The van der Waals surface area contributed by atoms with Crippen molar-refractivity contribution in [2.45, 2.75) is 30.9 Å². The van der Waals surface area contributed by atoms with E-state index in [1.165, 1.54) is 10.5 Å². The minimum Gasteiger partial charge on any atom is -0.372 e. The van der Waals surface area contributed by atoms with Crippen molar-refractivity contribution in [1.29, 1.82) is 0 Å². The second kappa shape index (κ2) is 7.26. The number of rotatable bonds is 5. The van der Waals surface area contributed by atoms with Crippen molar-refractivity contribution in [1.82, 2.24) is 9.97 Å². The maximum Gasteiger partial charge on any atom is 0.143 e. The van der Waals surface area contributed by atoms with Crippen LogP contribution in [-0.4, -0.2) is 17.0 Å². The maximum absolute atomic E-state index is 4.66. The van der Waals surface area contributed by atoms with Gasteiger partial charge >= 0.3 is 0 Å². The van der Waals surface area contributed by atoms with Gasteiger partial charge in [-0.25, -0.2) is 9.97 Å². The maximum atomic E-state index is 4.66. The van der Waals surface area contributed by atoms with Crippen LogP contribution in [0.4, 0.5) is 5.82 Å². The van der Waals surface area contributed by atoms with Crippen molar-refractivity contribution in [3.63, 3.8) is 0 Å². The largest absolute Gasteiger partial charge is 0.372 e. The lowest BCUT2D eigenvalue weighted by molar-refractivity contribution is 0.928. The summed E-state index contributed by atoms with van der Waals surface area (Å²) in [6.45, 7) is 4.26. The minimum absolute atomic E-state index is 0.795. The van der Waals surface area contributed by atoms with Crippen LogP contribution in [0.3, 0.4) is 0 Å². The van der Waals surface area contributed by atoms with Gasteiger partial charge in [-0.3, -0.25) is 0 Å². The van der Waals surface area contributed by atoms with Crippen molar-refractivity contribution < 1.29 is 0 Å². The van der Waals surface area contributed by atoms with Crippen molar-refractivity contribution in [3.8, 4) is 0 Å². The van der Waals surface area contributed by atoms with Crippen molar-refractivity contribution in [3.05, 3.63) is 44.9 Å². The first-order valence-corrected chi connectivity index (χ1v) is 8.63. The van der Waals surface area contributed by atoms with Crippen LogP contribution in [0.5, 0.6) is 0 Å². The number of nitrogens with one attached hydrogen (secondary N) is 1. The predicted molar refractivity (Wildman–Crippen MR) is 94.4 cm³/mol. The van der Waals surface area contributed by atoms with Crippen molar-refractivity contribution >= 4 is 40.2 Å². The second-order valence-electron chi connectivity index (χ2n) is 4.41. The van der Waals surface area contributed by atoms with Crippen LogP contribution in [0.1, 0.15) is 24.0 Å². The molecular formula is C15H18IN3S. The van der Waals surface area contributed by atoms with Gasteiger partial charge in [0.15, 0.2) is 0 Å². The Morgan fingerprint density at radius 3 is 2.65 bits per heavy atom. The van der Waals surface area contributed by atoms with Crippen LogP contribution in [0.25, 0.3) is 0 Å². The van der Waals surface area contributed by atoms with E-state index in [0.717, 1.165) is 33.1 Å². The smallest absolute Gasteiger partial charge is 0.143 e. The monoisotopic (exact) mass is 399 g/mol. The molecule has 0 aliphatic heterocycles. The molecular weight excluding hydrogens is 381 g/mol. The zero-order chi connectivity index (χ0) is 14.5. The molecule has 2 aromatic rings. The third kappa shape index (κ3) is 3.63. The van der Waals surface area contributed by atoms with E-state index in [1.54, 1.807) is 11.8 Å². The molecule has 0 unspecified atom stereocenters. The zero-order valence-electron chi connectivity index (χ0n) is 11.9. The molecule has 106 valence electrons. The van der Waals surface area contributed by atoms with Crippen LogP contribution in [-0.2, 0) is 12.2 Å². The molecule has 3 nitrogen and oxygen atoms in total. The summed E-state index contributed by atoms with van der Waals surface area (Å²) in [5.41, 5.74) is 2.41. The fourth-order valence-electron chi connectivity index (χ4n) is 1.87. The quantitative estimate of drug-likeness (QED) is 0.602. The molecule has 0 saturated heterocycles. The third-order valence-electron chi connectivity index (χ3n) is 2.99. The summed E-state index contributed by atoms with van der Waals surface area (Å²) in [4.78, 5) is 10.5. The van der Waals surface area contributed by atoms with E-state index in [-0.39, 0.29) is 0 Å². The molecule has 1 aromatic heterocycles. The van der Waals surface area contributed by atoms with Crippen LogP contribution in [0.2, 0.25) is 0 Å². The lowest BCUT2D eigenvalue weighted by Gasteiger charge is -2.10. The molecule has 0 fully saturated rings. The summed E-state index contributed by atoms with van der Waals surface area (Å²) in [6, 6.07) is 8.41. The van der Waals surface area contributed by atoms with Crippen LogP contribution >= 0.6 is 34.4 Å². The Hall–Kier alpha value is -0.820. The Morgan fingerprint density at radius 2 is 2.00 bits per heavy atom. The molecule has 20 heavy (non-hydrogen) atoms. The number of aromatic nitrogens is 2. The van der Waals surface area contributed by atoms with Crippen molar-refractivity contribution in [2.75, 3.05) is 12.4 Å². The highest BCUT2D eigenvalue weighted by atomic mass is 127. The SMILES string of the molecule is CCc1nc(CSc2ccccc2C)nc(NC)c1I. The van der Waals surface area contributed by atoms with E-state index >= 15 is 0 Å². The molecule has 0 aliphatic carbocycles. The second-order valence-corrected chi connectivity index (χ2v) is 6.50. The van der Waals surface area contributed by atoms with Gasteiger partial charge in [-0.15, -0.1) is 11.8 Å². The summed E-state index contributed by atoms with van der Waals surface area (Å²) in [5.74, 6) is 2.61. The van der Waals surface area contributed by atoms with E-state index in [9.17, 15) is 0 Å². The lowest BCUT2D eigenvalue weighted by Crippen LogP contribution is -2.06. The number of thioether (sulfide) groups is 1. The van der Waals surface area contributed by atoms with Gasteiger partial charge in [0.1, 0.15) is 11.6 Å². The molecule has 2 rings (SSSR count). The van der Waals surface area contributed by atoms with Crippen LogP contribution < -0.4 is 5.32 Å². The Balaban J connectivity index is 2.19. The number of halogens is 1. The highest BCUT2D eigenvalue weighted by Gasteiger charge is 2.10. The normalized spacial score (nSPS) is 10.6. The minimum atomic E-state index is 0.795. The number of hydrogen-bond donors (Lipinski definition) is 1. The summed E-state index contributed by atoms with van der Waals surface area (Å²) < 4.78 is 1.12. The first kappa shape index (κ1) is 15.6. The molecule has 0 radical (unpaired) electrons. The molecule has 1 heterocycles. The fourth-order valence-corrected chi connectivity index (χ4v) is 3.65. The van der Waals surface area contributed by atoms with Gasteiger partial charge in [-0.1, -0.05) is 25.1 Å². The van der Waals surface area contributed by atoms with Gasteiger partial charge in [-0.05, 0) is 47.6 Å². The Labute approximate surface area is 138 Å². The lowest BCUT2D eigenvalue weighted by atomic mass is 10.2. The summed E-state index contributed by atoms with van der Waals surface area (Å²) in [7, 11) is 1.90. The molecule has 0 saturated carbocycles. The van der Waals surface area contributed by atoms with Gasteiger partial charge in [0.25, 0.3) is 0 Å². The number of hydrogen-bond acceptors (Lipinski definition) is 4. The number of aryl methyl sites for hydroxylation is 2. The average Bonchev–Trinajstić information content (AvgIpc) is 2.47. The van der Waals surface area contributed by atoms with Crippen molar-refractivity contribution in [2.24, 2.45) is 0 Å². The molecule has 0 aliphatic rings. The Morgan fingerprint density at radius 1 is 1.25 bits per heavy atom. The average molecular weight is 399 g/mol. The number of benzene rings is 1. The molecule has 0 bridgehead atoms. The highest BCUT2D eigenvalue weighted by molar-refractivity contribution is 14.1. The molecule has 0 amide bonds. The summed E-state index contributed by atoms with van der Waals surface area (Å²) >= 11 is 4.10. The Kier molecular flexibility index (Phi) is 5.65. The number of nitrogens with zero attached hydrogens (tertiary/aromatic N) is 2. The van der Waals surface area contributed by atoms with Gasteiger partial charge < -0.3 is 5.32 Å². The van der Waals surface area contributed by atoms with E-state index < -0.39 is 0 Å². The van der Waals surface area contributed by atoms with E-state index in [2.05, 4.69) is 76.0 Å². The molecule has 5 heteroatoms. The van der Waals surface area contributed by atoms with Gasteiger partial charge in [0, 0.05) is 11.9 Å². The van der Waals surface area contributed by atoms with E-state index in [4.69, 9.17) is 0 Å². The van der Waals surface area contributed by atoms with Gasteiger partial charge in [0.2, 0.25) is 0 Å². The van der Waals surface area contributed by atoms with Crippen LogP contribution in [0, 0.1) is 10.5 Å². The van der Waals surface area contributed by atoms with Crippen LogP contribution in [0.15, 0.2) is 29.2 Å². The van der Waals surface area contributed by atoms with E-state index in [0.29, 0.717) is 0 Å². The van der Waals surface area contributed by atoms with Gasteiger partial charge in [-0.2, -0.15) is 0 Å². The molecule has 1 aromatic carbocycles. The topological polar surface area (TPSA) is 37.8 Å². The molecule has 0 atom stereocenters. The standard InChI is InChI=1S/C15H18IN3S/c1-4-11-14(16)15(17-3)19-13(18-11)9-20-12-8-6-5-7-10(12)2/h5-8H,4,9H2,1-3H3,(H,17,18,19). The first-order valence-electron chi connectivity index (χ1n) is 6.57. The zero-order valence-corrected chi connectivity index (χ0v) is 14.9. The highest BCUT2D eigenvalue weighted by Crippen LogP contribution is 2.26. The predicted octanol–water partition coefficient (Wildman–Crippen LogP) is 4.29. The molecule has 0 spiro atoms. The summed E-state index contributed by atoms with van der Waals surface area (Å²) in [5, 5.41) is 3.15. The third-order valence-corrected chi connectivity index (χ3v) is 5.29. The fraction of sp³-hybridized carbons (Fsp3) is 0.333. The summed E-state index contributed by atoms with van der Waals surface area (Å²) in [6.07, 6.45) is 0.928. The Bertz CT molecular complexity index is 576. The van der Waals surface area contributed by atoms with E-state index in [1.807, 2.05) is 7.05 Å².